The number of aryl methyl sites for hydroxylation is 1. The van der Waals surface area contributed by atoms with Crippen molar-refractivity contribution in [2.75, 3.05) is 22.4 Å². The highest BCUT2D eigenvalue weighted by atomic mass is 32.2. The fourth-order valence-corrected chi connectivity index (χ4v) is 5.24. The van der Waals surface area contributed by atoms with Crippen molar-refractivity contribution in [2.24, 2.45) is 5.10 Å². The quantitative estimate of drug-likeness (QED) is 0.346. The number of hydrogen-bond donors (Lipinski definition) is 1. The normalized spacial score (nSPS) is 13.9. The van der Waals surface area contributed by atoms with Gasteiger partial charge >= 0.3 is 0 Å². The minimum Gasteiger partial charge on any atom is -0.489 e. The number of rotatable bonds is 9. The van der Waals surface area contributed by atoms with Crippen molar-refractivity contribution < 1.29 is 22.3 Å². The Kier molecular flexibility index (Phi) is 7.72. The molecule has 7 nitrogen and oxygen atoms in total. The molecule has 1 heterocycles. The minimum absolute atomic E-state index is 0.0505. The van der Waals surface area contributed by atoms with Crippen LogP contribution < -0.4 is 14.5 Å². The minimum atomic E-state index is -4.21. The van der Waals surface area contributed by atoms with Crippen LogP contribution >= 0.6 is 11.8 Å². The smallest absolute Gasteiger partial charge is 0.264 e. The Bertz CT molecular complexity index is 1310. The number of nitrogens with zero attached hydrogens (tertiary/aromatic N) is 2. The molecule has 1 amide bonds. The van der Waals surface area contributed by atoms with Gasteiger partial charge in [0, 0.05) is 11.5 Å². The summed E-state index contributed by atoms with van der Waals surface area (Å²) in [6.07, 6.45) is 1.68. The van der Waals surface area contributed by atoms with Gasteiger partial charge in [0.1, 0.15) is 24.2 Å². The molecular weight excluding hydrogens is 489 g/mol. The van der Waals surface area contributed by atoms with E-state index < -0.39 is 28.3 Å². The summed E-state index contributed by atoms with van der Waals surface area (Å²) in [6, 6.07) is 18.7. The highest BCUT2D eigenvalue weighted by Crippen LogP contribution is 2.26. The van der Waals surface area contributed by atoms with Crippen LogP contribution in [0, 0.1) is 12.7 Å². The lowest BCUT2D eigenvalue weighted by atomic mass is 10.2. The lowest BCUT2D eigenvalue weighted by Gasteiger charge is -2.25. The number of hydrogen-bond acceptors (Lipinski definition) is 6. The van der Waals surface area contributed by atoms with Crippen molar-refractivity contribution in [3.05, 3.63) is 89.7 Å². The summed E-state index contributed by atoms with van der Waals surface area (Å²) in [7, 11) is -4.21. The fourth-order valence-electron chi connectivity index (χ4n) is 3.24. The largest absolute Gasteiger partial charge is 0.489 e. The molecular formula is C25H24FN3O4S2. The van der Waals surface area contributed by atoms with Crippen molar-refractivity contribution >= 4 is 39.6 Å². The standard InChI is InChI=1S/C25H24FN3O4S2/c1-18-6-12-22(13-7-18)35(31,32)29(24-5-3-2-4-23(24)26)15-25(30)28-27-14-19-8-10-20(11-9-19)33-21-16-34-17-21/h2-14,21H,15-17H2,1H3,(H,28,30)/b27-14+. The summed E-state index contributed by atoms with van der Waals surface area (Å²) in [4.78, 5) is 12.5. The molecule has 1 fully saturated rings. The fraction of sp³-hybridized carbons (Fsp3) is 0.200. The van der Waals surface area contributed by atoms with Gasteiger partial charge in [-0.25, -0.2) is 18.2 Å². The first-order chi connectivity index (χ1) is 16.8. The number of anilines is 1. The molecule has 35 heavy (non-hydrogen) atoms. The molecule has 0 aliphatic carbocycles. The Hall–Kier alpha value is -3.37. The van der Waals surface area contributed by atoms with Gasteiger partial charge in [-0.15, -0.1) is 0 Å². The number of para-hydroxylation sites is 1. The average Bonchev–Trinajstić information content (AvgIpc) is 2.81. The predicted octanol–water partition coefficient (Wildman–Crippen LogP) is 3.97. The maximum atomic E-state index is 14.5. The summed E-state index contributed by atoms with van der Waals surface area (Å²) >= 11 is 1.84. The van der Waals surface area contributed by atoms with Gasteiger partial charge in [0.05, 0.1) is 16.8 Å². The zero-order chi connectivity index (χ0) is 24.8. The van der Waals surface area contributed by atoms with E-state index in [1.165, 1.54) is 36.5 Å². The second kappa shape index (κ2) is 10.9. The molecule has 0 radical (unpaired) electrons. The number of benzene rings is 3. The van der Waals surface area contributed by atoms with Crippen molar-refractivity contribution in [1.29, 1.82) is 0 Å². The molecule has 4 rings (SSSR count). The van der Waals surface area contributed by atoms with Gasteiger partial charge in [0.2, 0.25) is 0 Å². The van der Waals surface area contributed by atoms with Gasteiger partial charge in [0.15, 0.2) is 0 Å². The maximum absolute atomic E-state index is 14.5. The Balaban J connectivity index is 1.46. The molecule has 1 N–H and O–H groups in total. The number of nitrogens with one attached hydrogen (secondary N) is 1. The van der Waals surface area contributed by atoms with E-state index in [4.69, 9.17) is 4.74 Å². The molecule has 3 aromatic rings. The molecule has 0 atom stereocenters. The van der Waals surface area contributed by atoms with Gasteiger partial charge in [0.25, 0.3) is 15.9 Å². The van der Waals surface area contributed by atoms with Crippen LogP contribution in [0.1, 0.15) is 11.1 Å². The second-order valence-electron chi connectivity index (χ2n) is 7.92. The molecule has 0 saturated carbocycles. The number of halogens is 1. The summed E-state index contributed by atoms with van der Waals surface area (Å²) in [5, 5.41) is 3.91. The lowest BCUT2D eigenvalue weighted by molar-refractivity contribution is -0.119. The third-order valence-corrected chi connectivity index (χ3v) is 8.20. The Morgan fingerprint density at radius 2 is 1.80 bits per heavy atom. The van der Waals surface area contributed by atoms with Crippen molar-refractivity contribution in [2.45, 2.75) is 17.9 Å². The van der Waals surface area contributed by atoms with E-state index >= 15 is 0 Å². The van der Waals surface area contributed by atoms with Crippen LogP contribution in [0.25, 0.3) is 0 Å². The van der Waals surface area contributed by atoms with Crippen LogP contribution in [0.3, 0.4) is 0 Å². The van der Waals surface area contributed by atoms with Crippen LogP contribution in [0.2, 0.25) is 0 Å². The van der Waals surface area contributed by atoms with E-state index in [9.17, 15) is 17.6 Å². The molecule has 10 heteroatoms. The third-order valence-electron chi connectivity index (χ3n) is 5.21. The first kappa shape index (κ1) is 24.7. The molecule has 1 aliphatic heterocycles. The zero-order valence-electron chi connectivity index (χ0n) is 18.9. The predicted molar refractivity (Wildman–Crippen MR) is 136 cm³/mol. The van der Waals surface area contributed by atoms with Gasteiger partial charge < -0.3 is 4.74 Å². The Labute approximate surface area is 208 Å². The number of carbonyl (C=O) groups is 1. The van der Waals surface area contributed by atoms with Crippen molar-refractivity contribution in [1.82, 2.24) is 5.43 Å². The molecule has 0 unspecified atom stereocenters. The number of thioether (sulfide) groups is 1. The van der Waals surface area contributed by atoms with Gasteiger partial charge in [-0.3, -0.25) is 9.10 Å². The number of hydrazone groups is 1. The van der Waals surface area contributed by atoms with Crippen molar-refractivity contribution in [3.63, 3.8) is 0 Å². The SMILES string of the molecule is Cc1ccc(S(=O)(=O)N(CC(=O)N/N=C/c2ccc(OC3CSC3)cc2)c2ccccc2F)cc1. The molecule has 1 aliphatic rings. The van der Waals surface area contributed by atoms with Crippen LogP contribution in [-0.2, 0) is 14.8 Å². The third kappa shape index (κ3) is 6.20. The first-order valence-corrected chi connectivity index (χ1v) is 13.4. The van der Waals surface area contributed by atoms with Gasteiger partial charge in [-0.2, -0.15) is 16.9 Å². The second-order valence-corrected chi connectivity index (χ2v) is 10.9. The Morgan fingerprint density at radius 1 is 1.11 bits per heavy atom. The monoisotopic (exact) mass is 513 g/mol. The Morgan fingerprint density at radius 3 is 2.43 bits per heavy atom. The number of ether oxygens (including phenoxy) is 1. The highest BCUT2D eigenvalue weighted by molar-refractivity contribution is 8.00. The molecule has 182 valence electrons. The van der Waals surface area contributed by atoms with Crippen LogP contribution in [0.5, 0.6) is 5.75 Å². The maximum Gasteiger partial charge on any atom is 0.264 e. The molecule has 1 saturated heterocycles. The molecule has 3 aromatic carbocycles. The van der Waals surface area contributed by atoms with Gasteiger partial charge in [-0.05, 0) is 61.0 Å². The lowest BCUT2D eigenvalue weighted by Crippen LogP contribution is -2.40. The van der Waals surface area contributed by atoms with E-state index in [0.29, 0.717) is 0 Å². The molecule has 0 bridgehead atoms. The van der Waals surface area contributed by atoms with E-state index in [1.807, 2.05) is 30.8 Å². The van der Waals surface area contributed by atoms with E-state index in [2.05, 4.69) is 10.5 Å². The number of amides is 1. The molecule has 0 spiro atoms. The average molecular weight is 514 g/mol. The van der Waals surface area contributed by atoms with Crippen LogP contribution in [0.4, 0.5) is 10.1 Å². The summed E-state index contributed by atoms with van der Waals surface area (Å²) < 4.78 is 47.6. The molecule has 0 aromatic heterocycles. The first-order valence-electron chi connectivity index (χ1n) is 10.8. The van der Waals surface area contributed by atoms with Crippen LogP contribution in [0.15, 0.2) is 82.8 Å². The van der Waals surface area contributed by atoms with Gasteiger partial charge in [-0.1, -0.05) is 29.8 Å². The summed E-state index contributed by atoms with van der Waals surface area (Å²) in [5.74, 6) is 1.25. The van der Waals surface area contributed by atoms with Crippen LogP contribution in [-0.4, -0.2) is 44.7 Å². The van der Waals surface area contributed by atoms with Crippen molar-refractivity contribution in [3.8, 4) is 5.75 Å². The van der Waals surface area contributed by atoms with E-state index in [0.717, 1.165) is 38.8 Å². The topological polar surface area (TPSA) is 88.1 Å². The highest BCUT2D eigenvalue weighted by Gasteiger charge is 2.29. The summed E-state index contributed by atoms with van der Waals surface area (Å²) in [5.41, 5.74) is 3.68. The zero-order valence-corrected chi connectivity index (χ0v) is 20.6. The number of carbonyl (C=O) groups excluding carboxylic acids is 1. The number of sulfonamides is 1. The van der Waals surface area contributed by atoms with E-state index in [-0.39, 0.29) is 16.7 Å². The summed E-state index contributed by atoms with van der Waals surface area (Å²) in [6.45, 7) is 1.17. The van der Waals surface area contributed by atoms with E-state index in [1.54, 1.807) is 24.3 Å².